The van der Waals surface area contributed by atoms with Gasteiger partial charge in [-0.1, -0.05) is 65.3 Å². The maximum absolute atomic E-state index is 12.9. The van der Waals surface area contributed by atoms with Crippen molar-refractivity contribution in [3.8, 4) is 5.75 Å². The number of phenols is 1. The van der Waals surface area contributed by atoms with Crippen LogP contribution in [0, 0.1) is 6.92 Å². The number of carbonyl (C=O) groups excluding carboxylic acids is 1. The molecule has 2 N–H and O–H groups in total. The van der Waals surface area contributed by atoms with Gasteiger partial charge in [-0.25, -0.2) is 0 Å². The molecule has 0 spiro atoms. The van der Waals surface area contributed by atoms with Crippen LogP contribution in [0.3, 0.4) is 0 Å². The molecule has 0 saturated carbocycles. The highest BCUT2D eigenvalue weighted by Gasteiger charge is 2.27. The van der Waals surface area contributed by atoms with Gasteiger partial charge >= 0.3 is 0 Å². The van der Waals surface area contributed by atoms with Crippen LogP contribution in [0.25, 0.3) is 0 Å². The number of nitrogens with one attached hydrogen (secondary N) is 1. The Kier molecular flexibility index (Phi) is 5.44. The number of hydrogen-bond donors (Lipinski definition) is 2. The lowest BCUT2D eigenvalue weighted by Gasteiger charge is -2.27. The summed E-state index contributed by atoms with van der Waals surface area (Å²) in [6, 6.07) is 9.20. The van der Waals surface area contributed by atoms with Crippen LogP contribution >= 0.6 is 11.6 Å². The highest BCUT2D eigenvalue weighted by molar-refractivity contribution is 6.34. The highest BCUT2D eigenvalue weighted by atomic mass is 35.5. The first-order valence-electron chi connectivity index (χ1n) is 8.76. The average molecular weight is 374 g/mol. The lowest BCUT2D eigenvalue weighted by Crippen LogP contribution is -2.20. The van der Waals surface area contributed by atoms with Crippen molar-refractivity contribution in [2.45, 2.75) is 59.3 Å². The third-order valence-electron chi connectivity index (χ3n) is 4.40. The Morgan fingerprint density at radius 1 is 1.00 bits per heavy atom. The van der Waals surface area contributed by atoms with Gasteiger partial charge in [-0.15, -0.1) is 0 Å². The molecule has 0 aliphatic carbocycles. The topological polar surface area (TPSA) is 49.3 Å². The summed E-state index contributed by atoms with van der Waals surface area (Å²) in [5.74, 6) is -0.351. The number of aryl methyl sites for hydroxylation is 1. The third-order valence-corrected chi connectivity index (χ3v) is 4.71. The minimum Gasteiger partial charge on any atom is -0.507 e. The molecule has 0 aromatic heterocycles. The van der Waals surface area contributed by atoms with E-state index < -0.39 is 0 Å². The summed E-state index contributed by atoms with van der Waals surface area (Å²) in [6.07, 6.45) is 0. The largest absolute Gasteiger partial charge is 0.507 e. The number of benzene rings is 2. The molecular formula is C22H28ClNO2. The molecule has 3 nitrogen and oxygen atoms in total. The third kappa shape index (κ3) is 4.39. The normalized spacial score (nSPS) is 12.2. The van der Waals surface area contributed by atoms with Crippen molar-refractivity contribution in [3.63, 3.8) is 0 Å². The van der Waals surface area contributed by atoms with Gasteiger partial charge in [-0.2, -0.15) is 0 Å². The molecule has 0 atom stereocenters. The van der Waals surface area contributed by atoms with E-state index in [1.54, 1.807) is 18.2 Å². The monoisotopic (exact) mass is 373 g/mol. The predicted octanol–water partition coefficient (Wildman–Crippen LogP) is 6.20. The fourth-order valence-electron chi connectivity index (χ4n) is 2.72. The van der Waals surface area contributed by atoms with Crippen LogP contribution in [0.4, 0.5) is 5.69 Å². The van der Waals surface area contributed by atoms with E-state index in [1.165, 1.54) is 0 Å². The Labute approximate surface area is 161 Å². The van der Waals surface area contributed by atoms with E-state index in [4.69, 9.17) is 11.6 Å². The van der Waals surface area contributed by atoms with Gasteiger partial charge in [0, 0.05) is 5.56 Å². The predicted molar refractivity (Wildman–Crippen MR) is 110 cm³/mol. The Hall–Kier alpha value is -2.00. The molecule has 1 amide bonds. The van der Waals surface area contributed by atoms with Crippen LogP contribution in [0.15, 0.2) is 30.3 Å². The van der Waals surface area contributed by atoms with Crippen molar-refractivity contribution in [2.75, 3.05) is 5.32 Å². The molecule has 140 valence electrons. The van der Waals surface area contributed by atoms with Crippen LogP contribution < -0.4 is 5.32 Å². The molecule has 0 fully saturated rings. The second-order valence-corrected chi connectivity index (χ2v) is 9.26. The van der Waals surface area contributed by atoms with Gasteiger partial charge in [0.15, 0.2) is 0 Å². The zero-order valence-corrected chi connectivity index (χ0v) is 17.4. The van der Waals surface area contributed by atoms with Crippen molar-refractivity contribution < 1.29 is 9.90 Å². The number of anilines is 1. The van der Waals surface area contributed by atoms with Crippen molar-refractivity contribution >= 4 is 23.2 Å². The minimum absolute atomic E-state index is 0.0197. The fraction of sp³-hybridized carbons (Fsp3) is 0.409. The minimum atomic E-state index is -0.371. The standard InChI is InChI=1S/C22H28ClNO2/c1-13-8-9-18(17(23)10-13)24-20(26)15-11-14(21(2,3)4)12-16(19(15)25)22(5,6)7/h8-12,25H,1-7H3,(H,24,26). The van der Waals surface area contributed by atoms with Crippen LogP contribution in [0.5, 0.6) is 5.75 Å². The van der Waals surface area contributed by atoms with E-state index in [-0.39, 0.29) is 28.1 Å². The molecule has 4 heteroatoms. The van der Waals surface area contributed by atoms with E-state index in [1.807, 2.05) is 39.8 Å². The molecular weight excluding hydrogens is 346 g/mol. The van der Waals surface area contributed by atoms with Crippen molar-refractivity contribution in [1.29, 1.82) is 0 Å². The summed E-state index contributed by atoms with van der Waals surface area (Å²) in [5.41, 5.74) is 3.12. The first-order valence-corrected chi connectivity index (χ1v) is 9.14. The first-order chi connectivity index (χ1) is 11.8. The fourth-order valence-corrected chi connectivity index (χ4v) is 3.01. The van der Waals surface area contributed by atoms with E-state index in [0.717, 1.165) is 16.7 Å². The van der Waals surface area contributed by atoms with Crippen LogP contribution in [0.2, 0.25) is 5.02 Å². The molecule has 26 heavy (non-hydrogen) atoms. The van der Waals surface area contributed by atoms with Gasteiger partial charge in [0.1, 0.15) is 5.75 Å². The molecule has 0 unspecified atom stereocenters. The highest BCUT2D eigenvalue weighted by Crippen LogP contribution is 2.38. The van der Waals surface area contributed by atoms with Gasteiger partial charge in [-0.3, -0.25) is 4.79 Å². The smallest absolute Gasteiger partial charge is 0.259 e. The number of rotatable bonds is 2. The summed E-state index contributed by atoms with van der Waals surface area (Å²) < 4.78 is 0. The first kappa shape index (κ1) is 20.3. The number of halogens is 1. The van der Waals surface area contributed by atoms with Crippen LogP contribution in [-0.4, -0.2) is 11.0 Å². The molecule has 2 aromatic rings. The summed E-state index contributed by atoms with van der Waals surface area (Å²) in [6.45, 7) is 14.3. The second-order valence-electron chi connectivity index (χ2n) is 8.86. The Balaban J connectivity index is 2.55. The number of hydrogen-bond acceptors (Lipinski definition) is 2. The zero-order chi connectivity index (χ0) is 19.9. The van der Waals surface area contributed by atoms with Gasteiger partial charge in [0.05, 0.1) is 16.3 Å². The maximum Gasteiger partial charge on any atom is 0.259 e. The summed E-state index contributed by atoms with van der Waals surface area (Å²) >= 11 is 6.23. The Bertz CT molecular complexity index is 842. The van der Waals surface area contributed by atoms with Gasteiger partial charge < -0.3 is 10.4 Å². The SMILES string of the molecule is Cc1ccc(NC(=O)c2cc(C(C)(C)C)cc(C(C)(C)C)c2O)c(Cl)c1. The summed E-state index contributed by atoms with van der Waals surface area (Å²) in [5, 5.41) is 14.1. The lowest BCUT2D eigenvalue weighted by molar-refractivity contribution is 0.102. The van der Waals surface area contributed by atoms with Crippen LogP contribution in [-0.2, 0) is 10.8 Å². The van der Waals surface area contributed by atoms with Crippen molar-refractivity contribution in [2.24, 2.45) is 0 Å². The second kappa shape index (κ2) is 6.96. The molecule has 0 saturated heterocycles. The Morgan fingerprint density at radius 2 is 1.62 bits per heavy atom. The van der Waals surface area contributed by atoms with Gasteiger partial charge in [-0.05, 0) is 47.1 Å². The molecule has 0 aliphatic heterocycles. The molecule has 2 rings (SSSR count). The van der Waals surface area contributed by atoms with Crippen molar-refractivity contribution in [1.82, 2.24) is 0 Å². The Morgan fingerprint density at radius 3 is 2.12 bits per heavy atom. The summed E-state index contributed by atoms with van der Waals surface area (Å²) in [4.78, 5) is 12.9. The maximum atomic E-state index is 12.9. The van der Waals surface area contributed by atoms with E-state index >= 15 is 0 Å². The number of aromatic hydroxyl groups is 1. The zero-order valence-electron chi connectivity index (χ0n) is 16.6. The van der Waals surface area contributed by atoms with Gasteiger partial charge in [0.2, 0.25) is 0 Å². The molecule has 0 radical (unpaired) electrons. The number of amides is 1. The number of carbonyl (C=O) groups is 1. The molecule has 2 aromatic carbocycles. The van der Waals surface area contributed by atoms with E-state index in [9.17, 15) is 9.90 Å². The number of phenolic OH excluding ortho intramolecular Hbond substituents is 1. The molecule has 0 bridgehead atoms. The van der Waals surface area contributed by atoms with Gasteiger partial charge in [0.25, 0.3) is 5.91 Å². The average Bonchev–Trinajstić information content (AvgIpc) is 2.47. The van der Waals surface area contributed by atoms with E-state index in [2.05, 4.69) is 26.1 Å². The molecule has 0 aliphatic rings. The molecule has 0 heterocycles. The van der Waals surface area contributed by atoms with Crippen molar-refractivity contribution in [3.05, 3.63) is 57.6 Å². The summed E-state index contributed by atoms with van der Waals surface area (Å²) in [7, 11) is 0. The lowest BCUT2D eigenvalue weighted by atomic mass is 9.79. The van der Waals surface area contributed by atoms with Crippen LogP contribution in [0.1, 0.15) is 68.6 Å². The van der Waals surface area contributed by atoms with E-state index in [0.29, 0.717) is 10.7 Å². The quantitative estimate of drug-likeness (QED) is 0.658.